The van der Waals surface area contributed by atoms with Crippen LogP contribution >= 0.6 is 15.9 Å². The summed E-state index contributed by atoms with van der Waals surface area (Å²) in [5.74, 6) is 1.79. The minimum absolute atomic E-state index is 0.566. The minimum atomic E-state index is 0.566. The van der Waals surface area contributed by atoms with Crippen molar-refractivity contribution in [3.8, 4) is 39.6 Å². The van der Waals surface area contributed by atoms with Gasteiger partial charge in [-0.3, -0.25) is 0 Å². The van der Waals surface area contributed by atoms with Gasteiger partial charge in [-0.2, -0.15) is 0 Å². The molecule has 0 fully saturated rings. The fourth-order valence-corrected chi connectivity index (χ4v) is 2.76. The first-order chi connectivity index (χ1) is 11.7. The predicted molar refractivity (Wildman–Crippen MR) is 94.7 cm³/mol. The van der Waals surface area contributed by atoms with E-state index in [2.05, 4.69) is 21.1 Å². The molecule has 6 heteroatoms. The van der Waals surface area contributed by atoms with Crippen molar-refractivity contribution in [1.29, 1.82) is 0 Å². The Labute approximate surface area is 148 Å². The molecule has 1 heterocycles. The summed E-state index contributed by atoms with van der Waals surface area (Å²) in [6.07, 6.45) is 1.62. The van der Waals surface area contributed by atoms with E-state index in [1.165, 1.54) is 0 Å². The monoisotopic (exact) mass is 389 g/mol. The van der Waals surface area contributed by atoms with Crippen LogP contribution in [0.4, 0.5) is 0 Å². The topological polar surface area (TPSA) is 53.7 Å². The Morgan fingerprint density at radius 1 is 0.917 bits per heavy atom. The van der Waals surface area contributed by atoms with Crippen LogP contribution in [0.1, 0.15) is 0 Å². The summed E-state index contributed by atoms with van der Waals surface area (Å²) in [6.45, 7) is 0. The lowest BCUT2D eigenvalue weighted by atomic mass is 10.0. The van der Waals surface area contributed by atoms with E-state index in [4.69, 9.17) is 18.7 Å². The Hall–Kier alpha value is -2.47. The molecule has 0 bridgehead atoms. The van der Waals surface area contributed by atoms with Gasteiger partial charge in [-0.25, -0.2) is 0 Å². The molecule has 1 aromatic heterocycles. The van der Waals surface area contributed by atoms with E-state index in [0.717, 1.165) is 21.2 Å². The highest BCUT2D eigenvalue weighted by Gasteiger charge is 2.21. The molecule has 0 spiro atoms. The number of hydrogen-bond donors (Lipinski definition) is 0. The van der Waals surface area contributed by atoms with Crippen molar-refractivity contribution >= 4 is 15.9 Å². The van der Waals surface area contributed by atoms with E-state index in [1.807, 2.05) is 30.3 Å². The van der Waals surface area contributed by atoms with Crippen molar-refractivity contribution in [2.45, 2.75) is 0 Å². The lowest BCUT2D eigenvalue weighted by molar-refractivity contribution is 0.349. The molecule has 2 aromatic carbocycles. The maximum absolute atomic E-state index is 5.53. The predicted octanol–water partition coefficient (Wildman–Crippen LogP) is 4.80. The maximum Gasteiger partial charge on any atom is 0.170 e. The second kappa shape index (κ2) is 6.97. The van der Waals surface area contributed by atoms with Gasteiger partial charge in [0.05, 0.1) is 26.9 Å². The Morgan fingerprint density at radius 3 is 2.29 bits per heavy atom. The van der Waals surface area contributed by atoms with Gasteiger partial charge in [-0.15, -0.1) is 0 Å². The first-order valence-electron chi connectivity index (χ1n) is 7.18. The average molecular weight is 390 g/mol. The maximum atomic E-state index is 5.53. The zero-order chi connectivity index (χ0) is 17.1. The van der Waals surface area contributed by atoms with Crippen molar-refractivity contribution < 1.29 is 18.7 Å². The Kier molecular flexibility index (Phi) is 4.76. The summed E-state index contributed by atoms with van der Waals surface area (Å²) in [7, 11) is 4.77. The summed E-state index contributed by atoms with van der Waals surface area (Å²) in [5.41, 5.74) is 3.24. The number of aromatic nitrogens is 1. The number of nitrogens with zero attached hydrogens (tertiary/aromatic N) is 1. The normalized spacial score (nSPS) is 10.5. The number of rotatable bonds is 5. The summed E-state index contributed by atoms with van der Waals surface area (Å²) in [6, 6.07) is 11.5. The fourth-order valence-electron chi connectivity index (χ4n) is 2.50. The summed E-state index contributed by atoms with van der Waals surface area (Å²) in [5, 5.41) is 4.17. The third-order valence-corrected chi connectivity index (χ3v) is 4.20. The van der Waals surface area contributed by atoms with E-state index in [0.29, 0.717) is 22.9 Å². The standard InChI is InChI=1S/C18H16BrNO4/c1-21-13-8-14(18(23-3)16(9-13)22-2)17-15(10-24-20-17)11-4-6-12(19)7-5-11/h4-10H,1-3H3. The van der Waals surface area contributed by atoms with Crippen LogP contribution in [-0.2, 0) is 0 Å². The zero-order valence-electron chi connectivity index (χ0n) is 13.5. The van der Waals surface area contributed by atoms with Gasteiger partial charge in [-0.1, -0.05) is 33.2 Å². The molecule has 0 aliphatic heterocycles. The van der Waals surface area contributed by atoms with Crippen LogP contribution in [0.25, 0.3) is 22.4 Å². The third-order valence-electron chi connectivity index (χ3n) is 3.67. The van der Waals surface area contributed by atoms with Gasteiger partial charge < -0.3 is 18.7 Å². The van der Waals surface area contributed by atoms with Crippen LogP contribution < -0.4 is 14.2 Å². The second-order valence-electron chi connectivity index (χ2n) is 4.99. The largest absolute Gasteiger partial charge is 0.497 e. The quantitative estimate of drug-likeness (QED) is 0.627. The highest BCUT2D eigenvalue weighted by molar-refractivity contribution is 9.10. The van der Waals surface area contributed by atoms with Crippen molar-refractivity contribution in [3.05, 3.63) is 47.1 Å². The Balaban J connectivity index is 2.20. The molecular formula is C18H16BrNO4. The van der Waals surface area contributed by atoms with E-state index in [1.54, 1.807) is 33.7 Å². The first kappa shape index (κ1) is 16.4. The van der Waals surface area contributed by atoms with Gasteiger partial charge >= 0.3 is 0 Å². The first-order valence-corrected chi connectivity index (χ1v) is 7.98. The molecule has 0 saturated heterocycles. The molecule has 124 valence electrons. The highest BCUT2D eigenvalue weighted by atomic mass is 79.9. The molecule has 3 rings (SSSR count). The van der Waals surface area contributed by atoms with Gasteiger partial charge in [0.2, 0.25) is 0 Å². The Morgan fingerprint density at radius 2 is 1.67 bits per heavy atom. The van der Waals surface area contributed by atoms with Crippen LogP contribution in [0, 0.1) is 0 Å². The smallest absolute Gasteiger partial charge is 0.170 e. The highest BCUT2D eigenvalue weighted by Crippen LogP contribution is 2.44. The Bertz CT molecular complexity index is 843. The van der Waals surface area contributed by atoms with Crippen molar-refractivity contribution in [2.75, 3.05) is 21.3 Å². The summed E-state index contributed by atoms with van der Waals surface area (Å²) in [4.78, 5) is 0. The van der Waals surface area contributed by atoms with Crippen molar-refractivity contribution in [3.63, 3.8) is 0 Å². The zero-order valence-corrected chi connectivity index (χ0v) is 15.1. The fraction of sp³-hybridized carbons (Fsp3) is 0.167. The number of ether oxygens (including phenoxy) is 3. The van der Waals surface area contributed by atoms with Crippen molar-refractivity contribution in [1.82, 2.24) is 5.16 Å². The average Bonchev–Trinajstić information content (AvgIpc) is 3.10. The van der Waals surface area contributed by atoms with E-state index in [-0.39, 0.29) is 0 Å². The molecule has 0 aliphatic rings. The van der Waals surface area contributed by atoms with Crippen LogP contribution in [-0.4, -0.2) is 26.5 Å². The number of halogens is 1. The molecule has 0 aliphatic carbocycles. The van der Waals surface area contributed by atoms with Gasteiger partial charge in [0.25, 0.3) is 0 Å². The molecule has 0 atom stereocenters. The van der Waals surface area contributed by atoms with E-state index >= 15 is 0 Å². The van der Waals surface area contributed by atoms with Gasteiger partial charge in [0, 0.05) is 16.1 Å². The van der Waals surface area contributed by atoms with Crippen LogP contribution in [0.5, 0.6) is 17.2 Å². The van der Waals surface area contributed by atoms with Gasteiger partial charge in [-0.05, 0) is 23.8 Å². The molecule has 3 aromatic rings. The number of benzene rings is 2. The van der Waals surface area contributed by atoms with Gasteiger partial charge in [0.1, 0.15) is 17.7 Å². The molecule has 0 unspecified atom stereocenters. The molecule has 0 amide bonds. The second-order valence-corrected chi connectivity index (χ2v) is 5.91. The van der Waals surface area contributed by atoms with Gasteiger partial charge in [0.15, 0.2) is 11.5 Å². The van der Waals surface area contributed by atoms with Crippen molar-refractivity contribution in [2.24, 2.45) is 0 Å². The SMILES string of the molecule is COc1cc(OC)c(OC)c(-c2nocc2-c2ccc(Br)cc2)c1. The summed E-state index contributed by atoms with van der Waals surface area (Å²) >= 11 is 3.44. The molecule has 0 radical (unpaired) electrons. The molecule has 0 saturated carbocycles. The lowest BCUT2D eigenvalue weighted by Crippen LogP contribution is -1.96. The minimum Gasteiger partial charge on any atom is -0.497 e. The van der Waals surface area contributed by atoms with Crippen LogP contribution in [0.15, 0.2) is 51.7 Å². The molecular weight excluding hydrogens is 374 g/mol. The lowest BCUT2D eigenvalue weighted by Gasteiger charge is -2.14. The van der Waals surface area contributed by atoms with Crippen LogP contribution in [0.2, 0.25) is 0 Å². The number of methoxy groups -OCH3 is 3. The summed E-state index contributed by atoms with van der Waals surface area (Å²) < 4.78 is 22.5. The van der Waals surface area contributed by atoms with E-state index < -0.39 is 0 Å². The number of hydrogen-bond acceptors (Lipinski definition) is 5. The third kappa shape index (κ3) is 2.97. The molecule has 0 N–H and O–H groups in total. The van der Waals surface area contributed by atoms with Crippen LogP contribution in [0.3, 0.4) is 0 Å². The molecule has 24 heavy (non-hydrogen) atoms. The van der Waals surface area contributed by atoms with E-state index in [9.17, 15) is 0 Å². The molecule has 5 nitrogen and oxygen atoms in total.